The van der Waals surface area contributed by atoms with E-state index < -0.39 is 0 Å². The van der Waals surface area contributed by atoms with Gasteiger partial charge in [-0.1, -0.05) is 47.5 Å². The zero-order chi connectivity index (χ0) is 22.2. The Kier molecular flexibility index (Phi) is 9.29. The summed E-state index contributed by atoms with van der Waals surface area (Å²) >= 11 is 13.5. The predicted molar refractivity (Wildman–Crippen MR) is 124 cm³/mol. The van der Waals surface area contributed by atoms with Gasteiger partial charge in [0.15, 0.2) is 0 Å². The van der Waals surface area contributed by atoms with Gasteiger partial charge >= 0.3 is 5.97 Å². The molecule has 1 heterocycles. The van der Waals surface area contributed by atoms with Crippen molar-refractivity contribution in [2.24, 2.45) is 5.92 Å². The Morgan fingerprint density at radius 3 is 2.87 bits per heavy atom. The highest BCUT2D eigenvalue weighted by Gasteiger charge is 2.22. The Hall–Kier alpha value is -1.51. The Morgan fingerprint density at radius 1 is 1.32 bits per heavy atom. The zero-order valence-corrected chi connectivity index (χ0v) is 19.6. The topological polar surface area (TPSA) is 67.9 Å². The van der Waals surface area contributed by atoms with Gasteiger partial charge in [-0.15, -0.1) is 11.8 Å². The van der Waals surface area contributed by atoms with Crippen LogP contribution in [0.4, 0.5) is 0 Å². The maximum absolute atomic E-state index is 12.2. The number of amides is 1. The molecule has 2 atom stereocenters. The third kappa shape index (κ3) is 7.54. The summed E-state index contributed by atoms with van der Waals surface area (Å²) in [6, 6.07) is 5.66. The van der Waals surface area contributed by atoms with E-state index in [-0.39, 0.29) is 23.9 Å². The van der Waals surface area contributed by atoms with Gasteiger partial charge in [0.25, 0.3) is 0 Å². The first-order valence-corrected chi connectivity index (χ1v) is 11.8. The van der Waals surface area contributed by atoms with Crippen LogP contribution in [-0.2, 0) is 25.6 Å². The molecule has 0 saturated carbocycles. The lowest BCUT2D eigenvalue weighted by atomic mass is 10.0. The molecule has 1 aliphatic carbocycles. The minimum absolute atomic E-state index is 0.0420. The second kappa shape index (κ2) is 11.9. The number of carbonyl (C=O) groups is 2. The summed E-state index contributed by atoms with van der Waals surface area (Å²) < 4.78 is 10.5. The maximum Gasteiger partial charge on any atom is 0.312 e. The van der Waals surface area contributed by atoms with Gasteiger partial charge in [-0.05, 0) is 24.1 Å². The molecule has 6 nitrogen and oxygen atoms in total. The Morgan fingerprint density at radius 2 is 2.16 bits per heavy atom. The standard InChI is InChI=1S/C22H26Cl2N2O4S/c1-29-22(28)16-3-5-18(6-4-16)31-14-21(27)25-11-17-13-26(8-9-30-17)12-15-2-7-19(23)20(24)10-15/h2-3,5-7,10,16-17H,4,8-9,11-14H2,1H3,(H,25,27)/t16?,17-/m0/s1. The molecule has 0 spiro atoms. The number of benzene rings is 1. The number of methoxy groups -OCH3 is 1. The van der Waals surface area contributed by atoms with Gasteiger partial charge in [-0.2, -0.15) is 0 Å². The molecule has 31 heavy (non-hydrogen) atoms. The molecule has 0 radical (unpaired) electrons. The number of hydrogen-bond acceptors (Lipinski definition) is 6. The molecule has 1 aliphatic heterocycles. The van der Waals surface area contributed by atoms with Crippen molar-refractivity contribution in [3.63, 3.8) is 0 Å². The van der Waals surface area contributed by atoms with Crippen molar-refractivity contribution in [2.45, 2.75) is 19.1 Å². The Bertz CT molecular complexity index is 862. The van der Waals surface area contributed by atoms with E-state index in [4.69, 9.17) is 32.7 Å². The average Bonchev–Trinajstić information content (AvgIpc) is 2.79. The van der Waals surface area contributed by atoms with E-state index in [0.29, 0.717) is 35.4 Å². The van der Waals surface area contributed by atoms with E-state index in [1.807, 2.05) is 36.4 Å². The van der Waals surface area contributed by atoms with Gasteiger partial charge in [-0.3, -0.25) is 14.5 Å². The minimum Gasteiger partial charge on any atom is -0.469 e. The first kappa shape index (κ1) is 24.1. The van der Waals surface area contributed by atoms with Crippen molar-refractivity contribution >= 4 is 46.8 Å². The summed E-state index contributed by atoms with van der Waals surface area (Å²) in [7, 11) is 1.39. The molecule has 3 rings (SSSR count). The van der Waals surface area contributed by atoms with Crippen molar-refractivity contribution in [3.8, 4) is 0 Å². The fourth-order valence-corrected chi connectivity index (χ4v) is 4.51. The fraction of sp³-hybridized carbons (Fsp3) is 0.455. The zero-order valence-electron chi connectivity index (χ0n) is 17.3. The number of esters is 1. The van der Waals surface area contributed by atoms with Crippen LogP contribution in [0.15, 0.2) is 41.3 Å². The average molecular weight is 485 g/mol. The first-order valence-electron chi connectivity index (χ1n) is 10.1. The minimum atomic E-state index is -0.241. The fourth-order valence-electron chi connectivity index (χ4n) is 3.41. The second-order valence-corrected chi connectivity index (χ2v) is 9.26. The highest BCUT2D eigenvalue weighted by molar-refractivity contribution is 8.03. The van der Waals surface area contributed by atoms with Gasteiger partial charge in [0.2, 0.25) is 5.91 Å². The molecule has 168 valence electrons. The normalized spacial score (nSPS) is 21.5. The van der Waals surface area contributed by atoms with Crippen molar-refractivity contribution in [2.75, 3.05) is 39.1 Å². The van der Waals surface area contributed by atoms with Crippen LogP contribution in [0.1, 0.15) is 12.0 Å². The lowest BCUT2D eigenvalue weighted by Crippen LogP contribution is -2.47. The molecular formula is C22H26Cl2N2O4S. The quantitative estimate of drug-likeness (QED) is 0.567. The summed E-state index contributed by atoms with van der Waals surface area (Å²) in [6.45, 7) is 3.41. The number of thioether (sulfide) groups is 1. The van der Waals surface area contributed by atoms with Crippen LogP contribution in [-0.4, -0.2) is 62.0 Å². The number of halogens is 2. The number of carbonyl (C=O) groups excluding carboxylic acids is 2. The van der Waals surface area contributed by atoms with E-state index in [1.165, 1.54) is 18.9 Å². The third-order valence-corrected chi connectivity index (χ3v) is 6.86. The summed E-state index contributed by atoms with van der Waals surface area (Å²) in [5.74, 6) is -0.202. The SMILES string of the molecule is COC(=O)C1C=CC(SCC(=O)NC[C@H]2CN(Cc3ccc(Cl)c(Cl)c3)CCO2)=CC1. The number of allylic oxidation sites excluding steroid dienone is 2. The summed E-state index contributed by atoms with van der Waals surface area (Å²) in [5.41, 5.74) is 1.10. The number of rotatable bonds is 8. The number of nitrogens with zero attached hydrogens (tertiary/aromatic N) is 1. The molecule has 1 unspecified atom stereocenters. The van der Waals surface area contributed by atoms with E-state index in [2.05, 4.69) is 10.2 Å². The van der Waals surface area contributed by atoms with Crippen molar-refractivity contribution in [3.05, 3.63) is 56.9 Å². The number of hydrogen-bond donors (Lipinski definition) is 1. The molecule has 1 aromatic rings. The molecule has 1 fully saturated rings. The largest absolute Gasteiger partial charge is 0.469 e. The van der Waals surface area contributed by atoms with Crippen LogP contribution in [0.3, 0.4) is 0 Å². The highest BCUT2D eigenvalue weighted by atomic mass is 35.5. The van der Waals surface area contributed by atoms with Gasteiger partial charge in [0, 0.05) is 31.1 Å². The highest BCUT2D eigenvalue weighted by Crippen LogP contribution is 2.26. The number of nitrogens with one attached hydrogen (secondary N) is 1. The van der Waals surface area contributed by atoms with Gasteiger partial charge in [0.1, 0.15) is 0 Å². The van der Waals surface area contributed by atoms with Crippen LogP contribution in [0.5, 0.6) is 0 Å². The molecule has 1 aromatic carbocycles. The van der Waals surface area contributed by atoms with Crippen LogP contribution in [0, 0.1) is 5.92 Å². The lowest BCUT2D eigenvalue weighted by molar-refractivity contribution is -0.143. The summed E-state index contributed by atoms with van der Waals surface area (Å²) in [5, 5.41) is 4.06. The Labute approximate surface area is 196 Å². The number of ether oxygens (including phenoxy) is 2. The van der Waals surface area contributed by atoms with E-state index in [1.54, 1.807) is 0 Å². The number of morpholine rings is 1. The van der Waals surface area contributed by atoms with Gasteiger partial charge < -0.3 is 14.8 Å². The van der Waals surface area contributed by atoms with Crippen molar-refractivity contribution in [1.29, 1.82) is 0 Å². The third-order valence-electron chi connectivity index (χ3n) is 5.08. The van der Waals surface area contributed by atoms with Crippen LogP contribution >= 0.6 is 35.0 Å². The van der Waals surface area contributed by atoms with E-state index >= 15 is 0 Å². The van der Waals surface area contributed by atoms with E-state index in [9.17, 15) is 9.59 Å². The van der Waals surface area contributed by atoms with Crippen molar-refractivity contribution < 1.29 is 19.1 Å². The monoisotopic (exact) mass is 484 g/mol. The summed E-state index contributed by atoms with van der Waals surface area (Å²) in [6.07, 6.45) is 6.20. The van der Waals surface area contributed by atoms with Crippen LogP contribution in [0.2, 0.25) is 10.0 Å². The molecule has 1 amide bonds. The molecule has 2 aliphatic rings. The predicted octanol–water partition coefficient (Wildman–Crippen LogP) is 3.68. The molecular weight excluding hydrogens is 459 g/mol. The molecule has 9 heteroatoms. The molecule has 1 N–H and O–H groups in total. The lowest BCUT2D eigenvalue weighted by Gasteiger charge is -2.33. The van der Waals surface area contributed by atoms with Gasteiger partial charge in [-0.25, -0.2) is 0 Å². The molecule has 0 bridgehead atoms. The van der Waals surface area contributed by atoms with Crippen molar-refractivity contribution in [1.82, 2.24) is 10.2 Å². The summed E-state index contributed by atoms with van der Waals surface area (Å²) in [4.78, 5) is 27.0. The van der Waals surface area contributed by atoms with Crippen LogP contribution < -0.4 is 5.32 Å². The van der Waals surface area contributed by atoms with E-state index in [0.717, 1.165) is 30.1 Å². The molecule has 1 saturated heterocycles. The second-order valence-electron chi connectivity index (χ2n) is 7.40. The maximum atomic E-state index is 12.2. The van der Waals surface area contributed by atoms with Gasteiger partial charge in [0.05, 0.1) is 41.5 Å². The van der Waals surface area contributed by atoms with Crippen LogP contribution in [0.25, 0.3) is 0 Å². The Balaban J connectivity index is 1.37. The molecule has 0 aromatic heterocycles. The smallest absolute Gasteiger partial charge is 0.312 e. The first-order chi connectivity index (χ1) is 14.9.